The first-order chi connectivity index (χ1) is 16.5. The number of anilines is 1. The maximum atomic E-state index is 13.5. The summed E-state index contributed by atoms with van der Waals surface area (Å²) in [5.41, 5.74) is 2.11. The second kappa shape index (κ2) is 10.6. The standard InChI is InChI=1S/C26H25FN4O3/c1-2-3-15-30(26(33)23-10-7-16-34-23)18-25(32)28-24-17-22(19-8-5-4-6-9-19)29-31(24)21-13-11-20(27)12-14-21/h4-14,16-17H,2-3,15,18H2,1H3,(H,28,32). The third-order valence-electron chi connectivity index (χ3n) is 5.25. The zero-order chi connectivity index (χ0) is 23.9. The van der Waals surface area contributed by atoms with Crippen LogP contribution in [0.1, 0.15) is 30.3 Å². The molecule has 0 aliphatic rings. The molecule has 0 fully saturated rings. The molecular formula is C26H25FN4O3. The van der Waals surface area contributed by atoms with Gasteiger partial charge in [-0.3, -0.25) is 9.59 Å². The average molecular weight is 461 g/mol. The van der Waals surface area contributed by atoms with Gasteiger partial charge in [0, 0.05) is 18.2 Å². The molecule has 174 valence electrons. The highest BCUT2D eigenvalue weighted by molar-refractivity contribution is 5.98. The number of nitrogens with zero attached hydrogens (tertiary/aromatic N) is 3. The zero-order valence-corrected chi connectivity index (χ0v) is 18.8. The first-order valence-corrected chi connectivity index (χ1v) is 11.1. The Hall–Kier alpha value is -4.20. The van der Waals surface area contributed by atoms with Crippen LogP contribution in [-0.2, 0) is 4.79 Å². The van der Waals surface area contributed by atoms with Crippen molar-refractivity contribution >= 4 is 17.6 Å². The summed E-state index contributed by atoms with van der Waals surface area (Å²) >= 11 is 0. The molecule has 0 saturated heterocycles. The minimum Gasteiger partial charge on any atom is -0.459 e. The molecule has 1 N–H and O–H groups in total. The highest BCUT2D eigenvalue weighted by Crippen LogP contribution is 2.25. The number of benzene rings is 2. The van der Waals surface area contributed by atoms with Gasteiger partial charge in [-0.1, -0.05) is 43.7 Å². The number of nitrogens with one attached hydrogen (secondary N) is 1. The fourth-order valence-electron chi connectivity index (χ4n) is 3.51. The van der Waals surface area contributed by atoms with Crippen molar-refractivity contribution in [2.24, 2.45) is 0 Å². The van der Waals surface area contributed by atoms with E-state index in [9.17, 15) is 14.0 Å². The van der Waals surface area contributed by atoms with Crippen LogP contribution >= 0.6 is 0 Å². The minimum absolute atomic E-state index is 0.144. The van der Waals surface area contributed by atoms with Crippen LogP contribution in [-0.4, -0.2) is 39.6 Å². The van der Waals surface area contributed by atoms with Crippen LogP contribution in [0, 0.1) is 5.82 Å². The Morgan fingerprint density at radius 3 is 2.50 bits per heavy atom. The smallest absolute Gasteiger partial charge is 0.290 e. The van der Waals surface area contributed by atoms with Gasteiger partial charge in [-0.05, 0) is 42.8 Å². The van der Waals surface area contributed by atoms with E-state index in [0.29, 0.717) is 23.7 Å². The monoisotopic (exact) mass is 460 g/mol. The van der Waals surface area contributed by atoms with E-state index in [4.69, 9.17) is 4.42 Å². The molecule has 0 bridgehead atoms. The van der Waals surface area contributed by atoms with Crippen molar-refractivity contribution in [2.75, 3.05) is 18.4 Å². The highest BCUT2D eigenvalue weighted by Gasteiger charge is 2.22. The molecule has 7 nitrogen and oxygen atoms in total. The molecule has 2 aromatic carbocycles. The Bertz CT molecular complexity index is 1240. The number of carbonyl (C=O) groups excluding carboxylic acids is 2. The van der Waals surface area contributed by atoms with E-state index in [-0.39, 0.29) is 29.9 Å². The summed E-state index contributed by atoms with van der Waals surface area (Å²) in [6.45, 7) is 2.30. The second-order valence-electron chi connectivity index (χ2n) is 7.77. The summed E-state index contributed by atoms with van der Waals surface area (Å²) in [6, 6.07) is 20.3. The van der Waals surface area contributed by atoms with Crippen LogP contribution in [0.2, 0.25) is 0 Å². The Morgan fingerprint density at radius 2 is 1.82 bits per heavy atom. The van der Waals surface area contributed by atoms with E-state index in [1.165, 1.54) is 23.3 Å². The number of amides is 2. The van der Waals surface area contributed by atoms with E-state index in [1.807, 2.05) is 37.3 Å². The van der Waals surface area contributed by atoms with Gasteiger partial charge >= 0.3 is 0 Å². The van der Waals surface area contributed by atoms with Crippen LogP contribution in [0.25, 0.3) is 16.9 Å². The number of unbranched alkanes of at least 4 members (excludes halogenated alkanes) is 1. The van der Waals surface area contributed by atoms with Gasteiger partial charge in [0.05, 0.1) is 17.6 Å². The minimum atomic E-state index is -0.376. The van der Waals surface area contributed by atoms with Crippen molar-refractivity contribution < 1.29 is 18.4 Å². The fraction of sp³-hybridized carbons (Fsp3) is 0.192. The lowest BCUT2D eigenvalue weighted by Gasteiger charge is -2.21. The number of rotatable bonds is 9. The van der Waals surface area contributed by atoms with Crippen molar-refractivity contribution in [3.8, 4) is 16.9 Å². The maximum Gasteiger partial charge on any atom is 0.290 e. The van der Waals surface area contributed by atoms with Crippen molar-refractivity contribution in [3.63, 3.8) is 0 Å². The first-order valence-electron chi connectivity index (χ1n) is 11.1. The summed E-state index contributed by atoms with van der Waals surface area (Å²) in [5, 5.41) is 7.49. The Kier molecular flexibility index (Phi) is 7.17. The summed E-state index contributed by atoms with van der Waals surface area (Å²) in [7, 11) is 0. The lowest BCUT2D eigenvalue weighted by Crippen LogP contribution is -2.38. The molecule has 0 aliphatic heterocycles. The van der Waals surface area contributed by atoms with Gasteiger partial charge in [0.2, 0.25) is 5.91 Å². The Balaban J connectivity index is 1.59. The van der Waals surface area contributed by atoms with Crippen LogP contribution < -0.4 is 5.32 Å². The number of hydrogen-bond donors (Lipinski definition) is 1. The van der Waals surface area contributed by atoms with E-state index in [2.05, 4.69) is 10.4 Å². The lowest BCUT2D eigenvalue weighted by molar-refractivity contribution is -0.117. The van der Waals surface area contributed by atoms with E-state index >= 15 is 0 Å². The molecule has 34 heavy (non-hydrogen) atoms. The van der Waals surface area contributed by atoms with Gasteiger partial charge in [0.1, 0.15) is 18.2 Å². The molecule has 0 radical (unpaired) electrons. The summed E-state index contributed by atoms with van der Waals surface area (Å²) in [4.78, 5) is 27.3. The highest BCUT2D eigenvalue weighted by atomic mass is 19.1. The first kappa shape index (κ1) is 23.0. The molecule has 8 heteroatoms. The predicted octanol–water partition coefficient (Wildman–Crippen LogP) is 5.15. The molecule has 0 spiro atoms. The summed E-state index contributed by atoms with van der Waals surface area (Å²) in [5.74, 6) is -0.486. The third-order valence-corrected chi connectivity index (χ3v) is 5.25. The van der Waals surface area contributed by atoms with E-state index < -0.39 is 0 Å². The number of hydrogen-bond acceptors (Lipinski definition) is 4. The molecule has 2 heterocycles. The number of aromatic nitrogens is 2. The van der Waals surface area contributed by atoms with Gasteiger partial charge < -0.3 is 14.6 Å². The molecule has 2 aromatic heterocycles. The normalized spacial score (nSPS) is 10.8. The molecule has 0 unspecified atom stereocenters. The predicted molar refractivity (Wildman–Crippen MR) is 127 cm³/mol. The van der Waals surface area contributed by atoms with Crippen LogP contribution in [0.15, 0.2) is 83.5 Å². The van der Waals surface area contributed by atoms with Crippen molar-refractivity contribution in [1.29, 1.82) is 0 Å². The fourth-order valence-corrected chi connectivity index (χ4v) is 3.51. The van der Waals surface area contributed by atoms with Gasteiger partial charge in [-0.15, -0.1) is 0 Å². The molecule has 0 aliphatic carbocycles. The lowest BCUT2D eigenvalue weighted by atomic mass is 10.1. The van der Waals surface area contributed by atoms with Crippen LogP contribution in [0.4, 0.5) is 10.2 Å². The second-order valence-corrected chi connectivity index (χ2v) is 7.77. The summed E-state index contributed by atoms with van der Waals surface area (Å²) in [6.07, 6.45) is 3.06. The van der Waals surface area contributed by atoms with Crippen LogP contribution in [0.3, 0.4) is 0 Å². The topological polar surface area (TPSA) is 80.4 Å². The number of carbonyl (C=O) groups is 2. The summed E-state index contributed by atoms with van der Waals surface area (Å²) < 4.78 is 20.2. The average Bonchev–Trinajstić information content (AvgIpc) is 3.53. The van der Waals surface area contributed by atoms with Crippen molar-refractivity contribution in [1.82, 2.24) is 14.7 Å². The largest absolute Gasteiger partial charge is 0.459 e. The van der Waals surface area contributed by atoms with Gasteiger partial charge in [-0.25, -0.2) is 9.07 Å². The molecule has 4 rings (SSSR count). The van der Waals surface area contributed by atoms with Crippen LogP contribution in [0.5, 0.6) is 0 Å². The third kappa shape index (κ3) is 5.40. The SMILES string of the molecule is CCCCN(CC(=O)Nc1cc(-c2ccccc2)nn1-c1ccc(F)cc1)C(=O)c1ccco1. The van der Waals surface area contributed by atoms with Gasteiger partial charge in [-0.2, -0.15) is 5.10 Å². The molecule has 2 amide bonds. The molecule has 0 atom stereocenters. The Labute approximate surface area is 196 Å². The quantitative estimate of drug-likeness (QED) is 0.375. The molecule has 4 aromatic rings. The van der Waals surface area contributed by atoms with Gasteiger partial charge in [0.15, 0.2) is 5.76 Å². The van der Waals surface area contributed by atoms with E-state index in [0.717, 1.165) is 18.4 Å². The zero-order valence-electron chi connectivity index (χ0n) is 18.8. The Morgan fingerprint density at radius 1 is 1.06 bits per heavy atom. The molecule has 0 saturated carbocycles. The van der Waals surface area contributed by atoms with Crippen molar-refractivity contribution in [3.05, 3.63) is 90.6 Å². The number of furan rings is 1. The van der Waals surface area contributed by atoms with Crippen molar-refractivity contribution in [2.45, 2.75) is 19.8 Å². The van der Waals surface area contributed by atoms with Gasteiger partial charge in [0.25, 0.3) is 5.91 Å². The molecular weight excluding hydrogens is 435 g/mol. The number of halogens is 1. The van der Waals surface area contributed by atoms with E-state index in [1.54, 1.807) is 35.0 Å². The maximum absolute atomic E-state index is 13.5.